The minimum atomic E-state index is -3.71. The van der Waals surface area contributed by atoms with E-state index in [1.165, 1.54) is 81.4 Å². The van der Waals surface area contributed by atoms with Crippen molar-refractivity contribution in [3.63, 3.8) is 0 Å². The van der Waals surface area contributed by atoms with Crippen LogP contribution >= 0.6 is 22.7 Å². The highest BCUT2D eigenvalue weighted by atomic mass is 32.3. The number of hydrogen-bond donors (Lipinski definition) is 5. The molecule has 4 heterocycles. The second kappa shape index (κ2) is 23.9. The van der Waals surface area contributed by atoms with Gasteiger partial charge in [0.15, 0.2) is 0 Å². The number of nitrogens with two attached hydrogens (primary N) is 1. The largest absolute Gasteiger partial charge is 0.382 e. The third-order valence-corrected chi connectivity index (χ3v) is 18.7. The van der Waals surface area contributed by atoms with Gasteiger partial charge in [-0.05, 0) is 86.3 Å². The van der Waals surface area contributed by atoms with Crippen LogP contribution in [0.25, 0.3) is 0 Å². The third kappa shape index (κ3) is 13.9. The predicted octanol–water partition coefficient (Wildman–Crippen LogP) is 6.71. The Kier molecular flexibility index (Phi) is 17.5. The van der Waals surface area contributed by atoms with E-state index in [1.807, 2.05) is 6.07 Å². The number of piperidine rings is 2. The summed E-state index contributed by atoms with van der Waals surface area (Å²) in [7, 11) is -7.40. The molecule has 0 saturated carbocycles. The molecular formula is C47H48N10O13S4. The second-order valence-corrected chi connectivity index (χ2v) is 23.5. The summed E-state index contributed by atoms with van der Waals surface area (Å²) in [6.45, 7) is 1.45. The Balaban J connectivity index is 0.000000216. The van der Waals surface area contributed by atoms with E-state index in [4.69, 9.17) is 5.73 Å². The Morgan fingerprint density at radius 3 is 1.30 bits per heavy atom. The molecule has 0 radical (unpaired) electrons. The number of amides is 3. The summed E-state index contributed by atoms with van der Waals surface area (Å²) in [5.41, 5.74) is 7.00. The molecule has 0 aliphatic carbocycles. The molecular weight excluding hydrogens is 1040 g/mol. The van der Waals surface area contributed by atoms with E-state index >= 15 is 0 Å². The Morgan fingerprint density at radius 2 is 0.892 bits per heavy atom. The standard InChI is InChI=1S/C24H25N5O6S2.C23H23N5O7S2/c25-23(30)16-3-1-5-19(13-16)27-18-9-11-28(12-10-18)37(34,35)22-8-7-21(36-22)15-26-24(31)17-4-2-6-20(14-17)29(32)33;29-23(16-3-1-5-19(13-16)27(30)31)24-15-21-7-8-22(36-21)37(34,35)26-11-9-17(10-12-26)25-18-4-2-6-20(14-18)28(32)33/h1-8,13-14,18,27H,9-12,15H2,(H2,25,30)(H,26,31);1-8,13-14,17,25H,9-12,15H2,(H,24,29). The summed E-state index contributed by atoms with van der Waals surface area (Å²) in [4.78, 5) is 68.6. The van der Waals surface area contributed by atoms with E-state index in [-0.39, 0.29) is 61.8 Å². The lowest BCUT2D eigenvalue weighted by atomic mass is 10.1. The molecule has 6 aromatic rings. The van der Waals surface area contributed by atoms with Crippen LogP contribution in [0, 0.1) is 30.3 Å². The Hall–Kier alpha value is -7.69. The number of benzene rings is 4. The van der Waals surface area contributed by atoms with Crippen LogP contribution in [0.1, 0.15) is 66.5 Å². The smallest absolute Gasteiger partial charge is 0.271 e. The van der Waals surface area contributed by atoms with Crippen molar-refractivity contribution < 1.29 is 46.0 Å². The molecule has 4 aromatic carbocycles. The van der Waals surface area contributed by atoms with Gasteiger partial charge in [0.05, 0.1) is 27.9 Å². The maximum absolute atomic E-state index is 13.2. The van der Waals surface area contributed by atoms with E-state index in [2.05, 4.69) is 21.3 Å². The second-order valence-electron chi connectivity index (χ2n) is 16.8. The lowest BCUT2D eigenvalue weighted by molar-refractivity contribution is -0.385. The van der Waals surface area contributed by atoms with E-state index in [9.17, 15) is 61.6 Å². The minimum Gasteiger partial charge on any atom is -0.382 e. The number of nitrogens with one attached hydrogen (secondary N) is 4. The van der Waals surface area contributed by atoms with E-state index < -0.39 is 52.5 Å². The number of nitrogens with zero attached hydrogens (tertiary/aromatic N) is 5. The first-order valence-electron chi connectivity index (χ1n) is 22.7. The molecule has 0 bridgehead atoms. The lowest BCUT2D eigenvalue weighted by Crippen LogP contribution is -2.42. The van der Waals surface area contributed by atoms with Gasteiger partial charge in [-0.15, -0.1) is 22.7 Å². The number of thiophene rings is 2. The summed E-state index contributed by atoms with van der Waals surface area (Å²) >= 11 is 2.13. The normalized spacial score (nSPS) is 14.7. The molecule has 2 saturated heterocycles. The van der Waals surface area contributed by atoms with Crippen LogP contribution in [0.4, 0.5) is 28.4 Å². The number of rotatable bonds is 18. The molecule has 0 unspecified atom stereocenters. The molecule has 0 spiro atoms. The van der Waals surface area contributed by atoms with E-state index in [1.54, 1.807) is 42.5 Å². The predicted molar refractivity (Wildman–Crippen MR) is 276 cm³/mol. The minimum absolute atomic E-state index is 0.0141. The number of nitro benzene ring substituents is 3. The molecule has 2 aromatic heterocycles. The van der Waals surface area contributed by atoms with Crippen molar-refractivity contribution in [2.75, 3.05) is 36.8 Å². The van der Waals surface area contributed by atoms with Crippen LogP contribution in [0.5, 0.6) is 0 Å². The average Bonchev–Trinajstić information content (AvgIpc) is 4.10. The molecule has 74 heavy (non-hydrogen) atoms. The van der Waals surface area contributed by atoms with Gasteiger partial charge in [0, 0.05) is 112 Å². The van der Waals surface area contributed by atoms with Gasteiger partial charge < -0.3 is 27.0 Å². The third-order valence-electron chi connectivity index (χ3n) is 11.8. The van der Waals surface area contributed by atoms with Crippen molar-refractivity contribution in [3.05, 3.63) is 178 Å². The molecule has 27 heteroatoms. The van der Waals surface area contributed by atoms with Crippen molar-refractivity contribution in [2.24, 2.45) is 5.73 Å². The zero-order valence-corrected chi connectivity index (χ0v) is 42.3. The first kappa shape index (κ1) is 54.1. The topological polar surface area (TPSA) is 330 Å². The molecule has 0 atom stereocenters. The van der Waals surface area contributed by atoms with Crippen molar-refractivity contribution in [1.29, 1.82) is 0 Å². The molecule has 2 fully saturated rings. The van der Waals surface area contributed by atoms with Gasteiger partial charge in [-0.2, -0.15) is 8.61 Å². The molecule has 388 valence electrons. The summed E-state index contributed by atoms with van der Waals surface area (Å²) < 4.78 is 55.8. The van der Waals surface area contributed by atoms with Crippen molar-refractivity contribution in [1.82, 2.24) is 19.2 Å². The molecule has 8 rings (SSSR count). The van der Waals surface area contributed by atoms with Crippen LogP contribution < -0.4 is 27.0 Å². The van der Waals surface area contributed by atoms with Crippen molar-refractivity contribution >= 4 is 88.9 Å². The molecule has 2 aliphatic rings. The Bertz CT molecular complexity index is 3080. The lowest BCUT2D eigenvalue weighted by Gasteiger charge is -2.31. The van der Waals surface area contributed by atoms with Crippen molar-refractivity contribution in [3.8, 4) is 0 Å². The van der Waals surface area contributed by atoms with Gasteiger partial charge in [-0.3, -0.25) is 44.7 Å². The Morgan fingerprint density at radius 1 is 0.527 bits per heavy atom. The number of primary amides is 1. The first-order chi connectivity index (χ1) is 35.3. The fourth-order valence-electron chi connectivity index (χ4n) is 7.92. The van der Waals surface area contributed by atoms with Gasteiger partial charge in [0.1, 0.15) is 8.42 Å². The number of non-ortho nitro benzene ring substituents is 3. The number of carbonyl (C=O) groups is 3. The quantitative estimate of drug-likeness (QED) is 0.0441. The monoisotopic (exact) mass is 1090 g/mol. The molecule has 2 aliphatic heterocycles. The van der Waals surface area contributed by atoms with Gasteiger partial charge in [0.25, 0.3) is 48.9 Å². The summed E-state index contributed by atoms with van der Waals surface area (Å²) in [5.74, 6) is -1.50. The summed E-state index contributed by atoms with van der Waals surface area (Å²) in [5, 5.41) is 44.7. The summed E-state index contributed by atoms with van der Waals surface area (Å²) in [6, 6.07) is 30.2. The van der Waals surface area contributed by atoms with Gasteiger partial charge in [-0.25, -0.2) is 16.8 Å². The summed E-state index contributed by atoms with van der Waals surface area (Å²) in [6.07, 6.45) is 2.27. The van der Waals surface area contributed by atoms with E-state index in [0.29, 0.717) is 72.9 Å². The maximum atomic E-state index is 13.2. The SMILES string of the molecule is NC(=O)c1cccc(NC2CCN(S(=O)(=O)c3ccc(CNC(=O)c4cccc([N+](=O)[O-])c4)s3)CC2)c1.O=C(NCc1ccc(S(=O)(=O)N2CCC(Nc3cccc([N+](=O)[O-])c3)CC2)s1)c1cccc([N+](=O)[O-])c1. The number of nitro groups is 3. The van der Waals surface area contributed by atoms with Crippen LogP contribution in [-0.2, 0) is 33.1 Å². The van der Waals surface area contributed by atoms with Crippen molar-refractivity contribution in [2.45, 2.75) is 59.3 Å². The van der Waals surface area contributed by atoms with Crippen LogP contribution in [0.2, 0.25) is 0 Å². The molecule has 23 nitrogen and oxygen atoms in total. The van der Waals surface area contributed by atoms with Gasteiger partial charge in [-0.1, -0.05) is 24.3 Å². The zero-order chi connectivity index (χ0) is 53.2. The highest BCUT2D eigenvalue weighted by Crippen LogP contribution is 2.30. The Labute approximate surface area is 431 Å². The maximum Gasteiger partial charge on any atom is 0.271 e. The molecule has 3 amide bonds. The van der Waals surface area contributed by atoms with Crippen LogP contribution in [0.3, 0.4) is 0 Å². The number of sulfonamides is 2. The average molecular weight is 1090 g/mol. The highest BCUT2D eigenvalue weighted by molar-refractivity contribution is 7.91. The van der Waals surface area contributed by atoms with E-state index in [0.717, 1.165) is 28.4 Å². The fraction of sp³-hybridized carbons (Fsp3) is 0.255. The van der Waals surface area contributed by atoms with Crippen LogP contribution in [-0.4, -0.2) is 96.2 Å². The number of carbonyl (C=O) groups excluding carboxylic acids is 3. The fourth-order valence-corrected chi connectivity index (χ4v) is 13.8. The highest BCUT2D eigenvalue weighted by Gasteiger charge is 2.32. The zero-order valence-electron chi connectivity index (χ0n) is 39.0. The van der Waals surface area contributed by atoms with Crippen LogP contribution in [0.15, 0.2) is 130 Å². The van der Waals surface area contributed by atoms with Gasteiger partial charge in [0.2, 0.25) is 5.91 Å². The number of anilines is 2. The molecule has 6 N–H and O–H groups in total. The van der Waals surface area contributed by atoms with Gasteiger partial charge >= 0.3 is 0 Å². The first-order valence-corrected chi connectivity index (χ1v) is 27.2. The number of hydrogen-bond acceptors (Lipinski definition) is 17.